The van der Waals surface area contributed by atoms with Crippen molar-refractivity contribution in [2.45, 2.75) is 52.4 Å². The molecule has 0 fully saturated rings. The summed E-state index contributed by atoms with van der Waals surface area (Å²) in [5.74, 6) is 2.63. The highest BCUT2D eigenvalue weighted by atomic mass is 19.4. The molecule has 0 saturated carbocycles. The number of aromatic nitrogens is 7. The summed E-state index contributed by atoms with van der Waals surface area (Å²) >= 11 is 0. The molecule has 0 N–H and O–H groups in total. The van der Waals surface area contributed by atoms with Crippen LogP contribution in [0.3, 0.4) is 0 Å². The number of benzene rings is 1. The molecule has 35 heavy (non-hydrogen) atoms. The van der Waals surface area contributed by atoms with Gasteiger partial charge in [-0.25, -0.2) is 15.0 Å². The topological polar surface area (TPSA) is 85.5 Å². The molecular weight excluding hydrogens is 457 g/mol. The van der Waals surface area contributed by atoms with Crippen molar-refractivity contribution in [3.8, 4) is 28.5 Å². The quantitative estimate of drug-likeness (QED) is 0.397. The summed E-state index contributed by atoms with van der Waals surface area (Å²) in [5, 5.41) is 8.69. The lowest BCUT2D eigenvalue weighted by molar-refractivity contribution is -0.137. The first-order chi connectivity index (χ1) is 16.7. The third kappa shape index (κ3) is 3.80. The average Bonchev–Trinajstić information content (AvgIpc) is 3.23. The number of hydrogen-bond donors (Lipinski definition) is 0. The number of aryl methyl sites for hydroxylation is 1. The van der Waals surface area contributed by atoms with Crippen LogP contribution in [0.4, 0.5) is 19.0 Å². The number of fused-ring (bicyclic) bond motifs is 3. The Kier molecular flexibility index (Phi) is 5.49. The van der Waals surface area contributed by atoms with Crippen molar-refractivity contribution < 1.29 is 13.2 Å². The van der Waals surface area contributed by atoms with Gasteiger partial charge in [-0.2, -0.15) is 13.2 Å². The molecule has 1 aliphatic rings. The Morgan fingerprint density at radius 2 is 1.66 bits per heavy atom. The molecule has 0 radical (unpaired) electrons. The fourth-order valence-corrected chi connectivity index (χ4v) is 4.51. The third-order valence-corrected chi connectivity index (χ3v) is 6.06. The van der Waals surface area contributed by atoms with Crippen LogP contribution in [0, 0.1) is 6.92 Å². The number of rotatable bonds is 4. The van der Waals surface area contributed by atoms with Crippen LogP contribution in [-0.4, -0.2) is 40.7 Å². The molecule has 0 unspecified atom stereocenters. The van der Waals surface area contributed by atoms with E-state index in [1.165, 1.54) is 24.5 Å². The maximum absolute atomic E-state index is 13.0. The molecule has 1 aliphatic heterocycles. The van der Waals surface area contributed by atoms with E-state index in [9.17, 15) is 13.2 Å². The van der Waals surface area contributed by atoms with Crippen LogP contribution in [0.15, 0.2) is 42.9 Å². The zero-order valence-corrected chi connectivity index (χ0v) is 19.6. The largest absolute Gasteiger partial charge is 0.416 e. The van der Waals surface area contributed by atoms with Crippen LogP contribution in [0.1, 0.15) is 50.4 Å². The van der Waals surface area contributed by atoms with E-state index in [1.807, 2.05) is 11.5 Å². The lowest BCUT2D eigenvalue weighted by atomic mass is 10.1. The number of halogens is 3. The Labute approximate surface area is 199 Å². The van der Waals surface area contributed by atoms with Gasteiger partial charge < -0.3 is 4.90 Å². The maximum Gasteiger partial charge on any atom is 0.416 e. The van der Waals surface area contributed by atoms with Gasteiger partial charge in [-0.3, -0.25) is 9.55 Å². The molecule has 0 aliphatic carbocycles. The summed E-state index contributed by atoms with van der Waals surface area (Å²) in [6, 6.07) is 4.92. The van der Waals surface area contributed by atoms with Crippen LogP contribution in [-0.2, 0) is 6.18 Å². The molecular formula is C24H23F3N8. The van der Waals surface area contributed by atoms with E-state index in [1.54, 1.807) is 6.20 Å². The van der Waals surface area contributed by atoms with Crippen LogP contribution in [0.2, 0.25) is 0 Å². The monoisotopic (exact) mass is 480 g/mol. The summed E-state index contributed by atoms with van der Waals surface area (Å²) in [6.07, 6.45) is 1.11. The van der Waals surface area contributed by atoms with Gasteiger partial charge in [0.2, 0.25) is 0 Å². The third-order valence-electron chi connectivity index (χ3n) is 6.06. The van der Waals surface area contributed by atoms with Crippen molar-refractivity contribution in [1.29, 1.82) is 0 Å². The second kappa shape index (κ2) is 8.40. The van der Waals surface area contributed by atoms with E-state index < -0.39 is 11.7 Å². The Morgan fingerprint density at radius 3 is 2.29 bits per heavy atom. The first kappa shape index (κ1) is 22.9. The molecule has 4 heterocycles. The van der Waals surface area contributed by atoms with E-state index in [4.69, 9.17) is 4.98 Å². The van der Waals surface area contributed by atoms with Crippen molar-refractivity contribution >= 4 is 5.82 Å². The average molecular weight is 480 g/mol. The van der Waals surface area contributed by atoms with Crippen molar-refractivity contribution in [3.05, 3.63) is 60.1 Å². The molecule has 0 spiro atoms. The fraction of sp³-hybridized carbons (Fsp3) is 0.333. The molecule has 11 heteroatoms. The molecule has 180 valence electrons. The SMILES string of the molecule is CC[C@@H]1c2nnc(C)n2-c2cnc(-c3nccnc3-c3ccc(C(F)(F)F)cc3)nc2N1C(C)C. The predicted molar refractivity (Wildman–Crippen MR) is 124 cm³/mol. The minimum Gasteiger partial charge on any atom is -0.342 e. The van der Waals surface area contributed by atoms with Gasteiger partial charge in [0, 0.05) is 24.0 Å². The van der Waals surface area contributed by atoms with Crippen molar-refractivity contribution in [2.24, 2.45) is 0 Å². The number of anilines is 1. The van der Waals surface area contributed by atoms with Gasteiger partial charge >= 0.3 is 6.18 Å². The van der Waals surface area contributed by atoms with Gasteiger partial charge in [0.05, 0.1) is 23.5 Å². The summed E-state index contributed by atoms with van der Waals surface area (Å²) in [7, 11) is 0. The Morgan fingerprint density at radius 1 is 0.971 bits per heavy atom. The van der Waals surface area contributed by atoms with Gasteiger partial charge in [-0.05, 0) is 39.3 Å². The highest BCUT2D eigenvalue weighted by Gasteiger charge is 2.36. The zero-order valence-electron chi connectivity index (χ0n) is 19.6. The van der Waals surface area contributed by atoms with Crippen molar-refractivity contribution in [2.75, 3.05) is 4.90 Å². The van der Waals surface area contributed by atoms with E-state index >= 15 is 0 Å². The molecule has 4 aromatic rings. The second-order valence-corrected chi connectivity index (χ2v) is 8.60. The van der Waals surface area contributed by atoms with Gasteiger partial charge in [0.1, 0.15) is 17.2 Å². The van der Waals surface area contributed by atoms with E-state index in [0.29, 0.717) is 22.8 Å². The number of alkyl halides is 3. The van der Waals surface area contributed by atoms with Gasteiger partial charge in [0.15, 0.2) is 17.5 Å². The van der Waals surface area contributed by atoms with E-state index in [0.717, 1.165) is 41.7 Å². The lowest BCUT2D eigenvalue weighted by Gasteiger charge is -2.39. The summed E-state index contributed by atoms with van der Waals surface area (Å²) in [4.78, 5) is 20.5. The minimum atomic E-state index is -4.42. The lowest BCUT2D eigenvalue weighted by Crippen LogP contribution is -2.40. The minimum absolute atomic E-state index is 0.0253. The fourth-order valence-electron chi connectivity index (χ4n) is 4.51. The van der Waals surface area contributed by atoms with Gasteiger partial charge in [-0.15, -0.1) is 10.2 Å². The molecule has 3 aromatic heterocycles. The number of hydrogen-bond acceptors (Lipinski definition) is 7. The first-order valence-electron chi connectivity index (χ1n) is 11.3. The molecule has 1 aromatic carbocycles. The van der Waals surface area contributed by atoms with Gasteiger partial charge in [-0.1, -0.05) is 19.1 Å². The zero-order chi connectivity index (χ0) is 24.9. The summed E-state index contributed by atoms with van der Waals surface area (Å²) in [6.45, 7) is 8.15. The van der Waals surface area contributed by atoms with E-state index in [-0.39, 0.29) is 12.1 Å². The highest BCUT2D eigenvalue weighted by molar-refractivity contribution is 5.76. The Bertz CT molecular complexity index is 1380. The standard InChI is InChI=1S/C24H23F3N8/c1-5-17-23-33-32-14(4)35(23)18-12-30-21(31-22(18)34(17)13(2)3)20-19(28-10-11-29-20)15-6-8-16(9-7-15)24(25,26)27/h6-13,17H,5H2,1-4H3/t17-/m1/s1. The summed E-state index contributed by atoms with van der Waals surface area (Å²) in [5.41, 5.74) is 1.32. The highest BCUT2D eigenvalue weighted by Crippen LogP contribution is 2.41. The van der Waals surface area contributed by atoms with Crippen LogP contribution in [0.25, 0.3) is 28.5 Å². The van der Waals surface area contributed by atoms with E-state index in [2.05, 4.69) is 50.8 Å². The number of nitrogens with zero attached hydrogens (tertiary/aromatic N) is 8. The molecule has 0 bridgehead atoms. The molecule has 0 saturated heterocycles. The van der Waals surface area contributed by atoms with Crippen molar-refractivity contribution in [1.82, 2.24) is 34.7 Å². The van der Waals surface area contributed by atoms with Crippen LogP contribution < -0.4 is 4.90 Å². The first-order valence-corrected chi connectivity index (χ1v) is 11.3. The van der Waals surface area contributed by atoms with Crippen LogP contribution >= 0.6 is 0 Å². The predicted octanol–water partition coefficient (Wildman–Crippen LogP) is 5.19. The molecule has 0 amide bonds. The second-order valence-electron chi connectivity index (χ2n) is 8.60. The normalized spacial score (nSPS) is 15.3. The maximum atomic E-state index is 13.0. The Hall–Kier alpha value is -3.89. The van der Waals surface area contributed by atoms with Gasteiger partial charge in [0.25, 0.3) is 0 Å². The van der Waals surface area contributed by atoms with Crippen LogP contribution in [0.5, 0.6) is 0 Å². The molecule has 5 rings (SSSR count). The molecule has 8 nitrogen and oxygen atoms in total. The summed E-state index contributed by atoms with van der Waals surface area (Å²) < 4.78 is 41.1. The molecule has 1 atom stereocenters. The van der Waals surface area contributed by atoms with Crippen molar-refractivity contribution in [3.63, 3.8) is 0 Å². The Balaban J connectivity index is 1.65. The smallest absolute Gasteiger partial charge is 0.342 e.